The van der Waals surface area contributed by atoms with Crippen LogP contribution in [0.4, 0.5) is 5.69 Å². The number of hydrogen-bond donors (Lipinski definition) is 1. The molecule has 1 amide bonds. The highest BCUT2D eigenvalue weighted by atomic mass is 32.1. The summed E-state index contributed by atoms with van der Waals surface area (Å²) in [5.74, 6) is -0.107. The van der Waals surface area contributed by atoms with E-state index in [1.807, 2.05) is 24.3 Å². The van der Waals surface area contributed by atoms with Crippen molar-refractivity contribution in [1.82, 2.24) is 10.3 Å². The summed E-state index contributed by atoms with van der Waals surface area (Å²) < 4.78 is 11.5. The van der Waals surface area contributed by atoms with Crippen molar-refractivity contribution >= 4 is 33.1 Å². The highest BCUT2D eigenvalue weighted by Gasteiger charge is 2.24. The smallest absolute Gasteiger partial charge is 0.286 e. The molecule has 0 saturated carbocycles. The van der Waals surface area contributed by atoms with Gasteiger partial charge in [-0.05, 0) is 19.1 Å². The monoisotopic (exact) mass is 387 g/mol. The number of ether oxygens (including phenoxy) is 2. The van der Waals surface area contributed by atoms with E-state index in [2.05, 4.69) is 10.3 Å². The van der Waals surface area contributed by atoms with Crippen LogP contribution in [-0.2, 0) is 6.54 Å². The maximum atomic E-state index is 12.6. The zero-order valence-corrected chi connectivity index (χ0v) is 15.5. The summed E-state index contributed by atoms with van der Waals surface area (Å²) in [5, 5.41) is 14.8. The highest BCUT2D eigenvalue weighted by molar-refractivity contribution is 7.18. The van der Waals surface area contributed by atoms with E-state index in [9.17, 15) is 14.9 Å². The van der Waals surface area contributed by atoms with Gasteiger partial charge in [-0.3, -0.25) is 14.9 Å². The van der Waals surface area contributed by atoms with Crippen LogP contribution in [-0.4, -0.2) is 29.5 Å². The van der Waals surface area contributed by atoms with Crippen LogP contribution in [0.1, 0.15) is 22.3 Å². The number of carbonyl (C=O) groups excluding carboxylic acids is 1. The van der Waals surface area contributed by atoms with Crippen molar-refractivity contribution in [2.45, 2.75) is 13.5 Å². The second-order valence-corrected chi connectivity index (χ2v) is 6.58. The molecule has 3 aromatic rings. The van der Waals surface area contributed by atoms with Crippen LogP contribution in [0.3, 0.4) is 0 Å². The number of carbonyl (C=O) groups is 1. The Morgan fingerprint density at radius 3 is 2.74 bits per heavy atom. The second kappa shape index (κ2) is 8.00. The number of aromatic nitrogens is 1. The summed E-state index contributed by atoms with van der Waals surface area (Å²) in [4.78, 5) is 27.8. The molecule has 27 heavy (non-hydrogen) atoms. The van der Waals surface area contributed by atoms with Crippen LogP contribution in [0.15, 0.2) is 36.4 Å². The normalized spacial score (nSPS) is 10.6. The van der Waals surface area contributed by atoms with Gasteiger partial charge < -0.3 is 14.8 Å². The molecule has 9 heteroatoms. The van der Waals surface area contributed by atoms with Gasteiger partial charge in [0.1, 0.15) is 10.6 Å². The molecule has 0 aliphatic heterocycles. The van der Waals surface area contributed by atoms with Gasteiger partial charge >= 0.3 is 0 Å². The summed E-state index contributed by atoms with van der Waals surface area (Å²) in [6.07, 6.45) is 0. The van der Waals surface area contributed by atoms with E-state index in [1.165, 1.54) is 30.6 Å². The number of para-hydroxylation sites is 1. The van der Waals surface area contributed by atoms with E-state index in [1.54, 1.807) is 6.92 Å². The van der Waals surface area contributed by atoms with E-state index < -0.39 is 10.8 Å². The number of thiazole rings is 1. The molecule has 2 aromatic carbocycles. The van der Waals surface area contributed by atoms with Crippen LogP contribution >= 0.6 is 11.3 Å². The number of nitro benzene ring substituents is 1. The number of nitrogens with zero attached hydrogens (tertiary/aromatic N) is 2. The largest absolute Gasteiger partial charge is 0.493 e. The zero-order chi connectivity index (χ0) is 19.4. The standard InChI is InChI=1S/C18H17N3O5S/c1-3-26-15-9-13(21(23)24)11(8-14(15)25-2)18(22)19-10-17-20-12-6-4-5-7-16(12)27-17/h4-9H,3,10H2,1-2H3,(H,19,22). The predicted octanol–water partition coefficient (Wildman–Crippen LogP) is 3.54. The molecular formula is C18H17N3O5S. The van der Waals surface area contributed by atoms with E-state index in [0.717, 1.165) is 10.2 Å². The lowest BCUT2D eigenvalue weighted by Gasteiger charge is -2.11. The van der Waals surface area contributed by atoms with E-state index in [0.29, 0.717) is 11.6 Å². The van der Waals surface area contributed by atoms with Crippen molar-refractivity contribution in [3.8, 4) is 11.5 Å². The highest BCUT2D eigenvalue weighted by Crippen LogP contribution is 2.34. The lowest BCUT2D eigenvalue weighted by molar-refractivity contribution is -0.385. The van der Waals surface area contributed by atoms with Crippen LogP contribution in [0.25, 0.3) is 10.2 Å². The van der Waals surface area contributed by atoms with Gasteiger partial charge in [-0.25, -0.2) is 4.98 Å². The third-order valence-electron chi connectivity index (χ3n) is 3.76. The van der Waals surface area contributed by atoms with Crippen molar-refractivity contribution in [2.24, 2.45) is 0 Å². The van der Waals surface area contributed by atoms with Gasteiger partial charge in [0.25, 0.3) is 11.6 Å². The molecule has 0 bridgehead atoms. The quantitative estimate of drug-likeness (QED) is 0.491. The third kappa shape index (κ3) is 3.98. The molecule has 8 nitrogen and oxygen atoms in total. The minimum absolute atomic E-state index is 0.0959. The fourth-order valence-electron chi connectivity index (χ4n) is 2.56. The first-order valence-corrected chi connectivity index (χ1v) is 8.97. The Balaban J connectivity index is 1.85. The van der Waals surface area contributed by atoms with Gasteiger partial charge in [-0.15, -0.1) is 11.3 Å². The summed E-state index contributed by atoms with van der Waals surface area (Å²) in [5.41, 5.74) is 0.405. The van der Waals surface area contributed by atoms with Gasteiger partial charge in [0.15, 0.2) is 11.5 Å². The van der Waals surface area contributed by atoms with Gasteiger partial charge in [-0.2, -0.15) is 0 Å². The van der Waals surface area contributed by atoms with Crippen molar-refractivity contribution in [1.29, 1.82) is 0 Å². The Morgan fingerprint density at radius 1 is 1.30 bits per heavy atom. The molecule has 0 aliphatic carbocycles. The Kier molecular flexibility index (Phi) is 5.51. The number of nitro groups is 1. The van der Waals surface area contributed by atoms with Gasteiger partial charge in [0, 0.05) is 6.07 Å². The Bertz CT molecular complexity index is 969. The van der Waals surface area contributed by atoms with Gasteiger partial charge in [-0.1, -0.05) is 12.1 Å². The fraction of sp³-hybridized carbons (Fsp3) is 0.222. The molecule has 0 radical (unpaired) electrons. The summed E-state index contributed by atoms with van der Waals surface area (Å²) >= 11 is 1.46. The Labute approximate surface area is 158 Å². The first-order valence-electron chi connectivity index (χ1n) is 8.15. The predicted molar refractivity (Wildman–Crippen MR) is 102 cm³/mol. The lowest BCUT2D eigenvalue weighted by Crippen LogP contribution is -2.23. The van der Waals surface area contributed by atoms with Crippen molar-refractivity contribution in [3.05, 3.63) is 57.1 Å². The van der Waals surface area contributed by atoms with E-state index in [-0.39, 0.29) is 29.3 Å². The average Bonchev–Trinajstić information content (AvgIpc) is 3.09. The fourth-order valence-corrected chi connectivity index (χ4v) is 3.46. The molecule has 1 N–H and O–H groups in total. The molecule has 0 spiro atoms. The molecule has 0 aliphatic rings. The number of amides is 1. The van der Waals surface area contributed by atoms with Crippen LogP contribution in [0.5, 0.6) is 11.5 Å². The number of rotatable bonds is 7. The summed E-state index contributed by atoms with van der Waals surface area (Å²) in [7, 11) is 1.41. The average molecular weight is 387 g/mol. The molecule has 140 valence electrons. The molecule has 0 saturated heterocycles. The SMILES string of the molecule is CCOc1cc([N+](=O)[O-])c(C(=O)NCc2nc3ccccc3s2)cc1OC. The van der Waals surface area contributed by atoms with Crippen LogP contribution < -0.4 is 14.8 Å². The molecule has 0 atom stereocenters. The number of methoxy groups -OCH3 is 1. The number of nitrogens with one attached hydrogen (secondary N) is 1. The number of hydrogen-bond acceptors (Lipinski definition) is 7. The first-order chi connectivity index (χ1) is 13.0. The molecule has 1 aromatic heterocycles. The molecular weight excluding hydrogens is 370 g/mol. The molecule has 3 rings (SSSR count). The minimum atomic E-state index is -0.617. The maximum Gasteiger partial charge on any atom is 0.286 e. The maximum absolute atomic E-state index is 12.6. The Morgan fingerprint density at radius 2 is 2.07 bits per heavy atom. The Hall–Kier alpha value is -3.20. The molecule has 0 fully saturated rings. The van der Waals surface area contributed by atoms with E-state index in [4.69, 9.17) is 9.47 Å². The van der Waals surface area contributed by atoms with Gasteiger partial charge in [0.05, 0.1) is 41.5 Å². The number of fused-ring (bicyclic) bond motifs is 1. The van der Waals surface area contributed by atoms with Crippen molar-refractivity contribution in [3.63, 3.8) is 0 Å². The van der Waals surface area contributed by atoms with Gasteiger partial charge in [0.2, 0.25) is 0 Å². The molecule has 0 unspecified atom stereocenters. The minimum Gasteiger partial charge on any atom is -0.493 e. The topological polar surface area (TPSA) is 104 Å². The zero-order valence-electron chi connectivity index (χ0n) is 14.7. The van der Waals surface area contributed by atoms with Crippen LogP contribution in [0, 0.1) is 10.1 Å². The second-order valence-electron chi connectivity index (χ2n) is 5.47. The first kappa shape index (κ1) is 18.6. The summed E-state index contributed by atoms with van der Waals surface area (Å²) in [6, 6.07) is 10.2. The third-order valence-corrected chi connectivity index (χ3v) is 4.80. The van der Waals surface area contributed by atoms with Crippen molar-refractivity contribution in [2.75, 3.05) is 13.7 Å². The van der Waals surface area contributed by atoms with E-state index >= 15 is 0 Å². The van der Waals surface area contributed by atoms with Crippen molar-refractivity contribution < 1.29 is 19.2 Å². The lowest BCUT2D eigenvalue weighted by atomic mass is 10.1. The molecule has 1 heterocycles. The van der Waals surface area contributed by atoms with Crippen LogP contribution in [0.2, 0.25) is 0 Å². The number of benzene rings is 2. The summed E-state index contributed by atoms with van der Waals surface area (Å²) in [6.45, 7) is 2.24.